The molecule has 25 heavy (non-hydrogen) atoms. The summed E-state index contributed by atoms with van der Waals surface area (Å²) in [5.41, 5.74) is 2.30. The second-order valence-electron chi connectivity index (χ2n) is 5.79. The number of ether oxygens (including phenoxy) is 1. The maximum Gasteiger partial charge on any atom is 0.255 e. The molecule has 0 aliphatic heterocycles. The molecule has 2 aromatic rings. The molecule has 2 aromatic carbocycles. The van der Waals surface area contributed by atoms with Crippen LogP contribution in [0.25, 0.3) is 0 Å². The van der Waals surface area contributed by atoms with Crippen molar-refractivity contribution in [3.05, 3.63) is 58.1 Å². The van der Waals surface area contributed by atoms with Crippen molar-refractivity contribution >= 4 is 33.4 Å². The lowest BCUT2D eigenvalue weighted by atomic mass is 10.1. The molecule has 0 heterocycles. The maximum atomic E-state index is 12.3. The van der Waals surface area contributed by atoms with E-state index in [-0.39, 0.29) is 11.8 Å². The van der Waals surface area contributed by atoms with Crippen LogP contribution in [0.3, 0.4) is 0 Å². The predicted molar refractivity (Wildman–Crippen MR) is 102 cm³/mol. The fraction of sp³-hybridized carbons (Fsp3) is 0.263. The molecular formula is C19H21BrN2O3. The van der Waals surface area contributed by atoms with E-state index in [0.29, 0.717) is 29.8 Å². The van der Waals surface area contributed by atoms with E-state index in [0.717, 1.165) is 10.0 Å². The van der Waals surface area contributed by atoms with E-state index in [4.69, 9.17) is 4.74 Å². The molecule has 0 fully saturated rings. The first kappa shape index (κ1) is 19.0. The fourth-order valence-electron chi connectivity index (χ4n) is 2.24. The van der Waals surface area contributed by atoms with Crippen molar-refractivity contribution in [3.8, 4) is 5.75 Å². The molecule has 0 saturated heterocycles. The molecule has 1 N–H and O–H groups in total. The monoisotopic (exact) mass is 404 g/mol. The van der Waals surface area contributed by atoms with Crippen molar-refractivity contribution in [3.63, 3.8) is 0 Å². The van der Waals surface area contributed by atoms with Crippen LogP contribution in [0.5, 0.6) is 5.75 Å². The number of nitrogens with zero attached hydrogens (tertiary/aromatic N) is 1. The highest BCUT2D eigenvalue weighted by Gasteiger charge is 2.10. The Balaban J connectivity index is 1.97. The summed E-state index contributed by atoms with van der Waals surface area (Å²) in [5.74, 6) is 0.578. The number of aryl methyl sites for hydroxylation is 1. The molecule has 5 nitrogen and oxygen atoms in total. The van der Waals surface area contributed by atoms with Gasteiger partial charge < -0.3 is 15.0 Å². The Morgan fingerprint density at radius 2 is 1.80 bits per heavy atom. The van der Waals surface area contributed by atoms with E-state index in [9.17, 15) is 9.59 Å². The van der Waals surface area contributed by atoms with Gasteiger partial charge in [-0.15, -0.1) is 0 Å². The predicted octanol–water partition coefficient (Wildman–Crippen LogP) is 3.73. The van der Waals surface area contributed by atoms with Gasteiger partial charge in [0.2, 0.25) is 5.91 Å². The second-order valence-corrected chi connectivity index (χ2v) is 6.64. The van der Waals surface area contributed by atoms with Crippen LogP contribution in [0.2, 0.25) is 0 Å². The molecule has 0 aliphatic rings. The molecule has 0 unspecified atom stereocenters. The van der Waals surface area contributed by atoms with Crippen molar-refractivity contribution in [1.29, 1.82) is 0 Å². The summed E-state index contributed by atoms with van der Waals surface area (Å²) in [5, 5.41) is 2.86. The van der Waals surface area contributed by atoms with Gasteiger partial charge in [0.15, 0.2) is 0 Å². The zero-order chi connectivity index (χ0) is 18.4. The largest absolute Gasteiger partial charge is 0.496 e. The number of carbonyl (C=O) groups excluding carboxylic acids is 2. The van der Waals surface area contributed by atoms with Crippen LogP contribution in [0, 0.1) is 0 Å². The van der Waals surface area contributed by atoms with Crippen molar-refractivity contribution in [2.45, 2.75) is 12.8 Å². The van der Waals surface area contributed by atoms with Gasteiger partial charge in [0.25, 0.3) is 5.91 Å². The first-order valence-corrected chi connectivity index (χ1v) is 8.64. The van der Waals surface area contributed by atoms with Gasteiger partial charge in [0.05, 0.1) is 11.6 Å². The third-order valence-electron chi connectivity index (χ3n) is 3.75. The van der Waals surface area contributed by atoms with Gasteiger partial charge in [-0.3, -0.25) is 9.59 Å². The fourth-order valence-corrected chi connectivity index (χ4v) is 2.78. The molecule has 6 heteroatoms. The summed E-state index contributed by atoms with van der Waals surface area (Å²) in [4.78, 5) is 25.5. The normalized spacial score (nSPS) is 10.2. The lowest BCUT2D eigenvalue weighted by Gasteiger charge is -2.10. The van der Waals surface area contributed by atoms with Crippen molar-refractivity contribution in [2.24, 2.45) is 0 Å². The van der Waals surface area contributed by atoms with Gasteiger partial charge in [-0.1, -0.05) is 12.1 Å². The summed E-state index contributed by atoms with van der Waals surface area (Å²) >= 11 is 3.37. The molecule has 2 rings (SSSR count). The number of hydrogen-bond acceptors (Lipinski definition) is 3. The zero-order valence-electron chi connectivity index (χ0n) is 14.5. The van der Waals surface area contributed by atoms with E-state index in [1.54, 1.807) is 44.3 Å². The summed E-state index contributed by atoms with van der Waals surface area (Å²) in [6.07, 6.45) is 1.15. The SMILES string of the molecule is COc1ccc(C(=O)Nc2ccc(CCC(=O)N(C)C)cc2)cc1Br. The van der Waals surface area contributed by atoms with Crippen LogP contribution < -0.4 is 10.1 Å². The minimum absolute atomic E-state index is 0.0995. The van der Waals surface area contributed by atoms with E-state index >= 15 is 0 Å². The average Bonchev–Trinajstić information content (AvgIpc) is 2.60. The molecule has 2 amide bonds. The number of amides is 2. The van der Waals surface area contributed by atoms with Gasteiger partial charge in [0, 0.05) is 31.8 Å². The summed E-state index contributed by atoms with van der Waals surface area (Å²) in [6, 6.07) is 12.7. The topological polar surface area (TPSA) is 58.6 Å². The molecule has 0 spiro atoms. The number of anilines is 1. The third kappa shape index (κ3) is 5.32. The lowest BCUT2D eigenvalue weighted by molar-refractivity contribution is -0.128. The Kier molecular flexibility index (Phi) is 6.58. The molecule has 0 atom stereocenters. The van der Waals surface area contributed by atoms with Crippen molar-refractivity contribution in [1.82, 2.24) is 4.90 Å². The maximum absolute atomic E-state index is 12.3. The van der Waals surface area contributed by atoms with Crippen LogP contribution in [-0.2, 0) is 11.2 Å². The molecule has 0 radical (unpaired) electrons. The Morgan fingerprint density at radius 3 is 2.36 bits per heavy atom. The molecule has 132 valence electrons. The Hall–Kier alpha value is -2.34. The number of nitrogens with one attached hydrogen (secondary N) is 1. The molecule has 0 bridgehead atoms. The standard InChI is InChI=1S/C19H21BrN2O3/c1-22(2)18(23)11-6-13-4-8-15(9-5-13)21-19(24)14-7-10-17(25-3)16(20)12-14/h4-5,7-10,12H,6,11H2,1-3H3,(H,21,24). The lowest BCUT2D eigenvalue weighted by Crippen LogP contribution is -2.21. The first-order valence-electron chi connectivity index (χ1n) is 7.84. The van der Waals surface area contributed by atoms with Crippen LogP contribution >= 0.6 is 15.9 Å². The van der Waals surface area contributed by atoms with E-state index in [1.165, 1.54) is 0 Å². The first-order chi connectivity index (χ1) is 11.9. The van der Waals surface area contributed by atoms with Crippen LogP contribution in [0.1, 0.15) is 22.3 Å². The minimum atomic E-state index is -0.195. The quantitative estimate of drug-likeness (QED) is 0.797. The van der Waals surface area contributed by atoms with Crippen LogP contribution in [-0.4, -0.2) is 37.9 Å². The van der Waals surface area contributed by atoms with Gasteiger partial charge in [0.1, 0.15) is 5.75 Å². The van der Waals surface area contributed by atoms with Crippen molar-refractivity contribution < 1.29 is 14.3 Å². The minimum Gasteiger partial charge on any atom is -0.496 e. The van der Waals surface area contributed by atoms with Gasteiger partial charge in [-0.05, 0) is 58.2 Å². The highest BCUT2D eigenvalue weighted by molar-refractivity contribution is 9.10. The summed E-state index contributed by atoms with van der Waals surface area (Å²) in [6.45, 7) is 0. The number of methoxy groups -OCH3 is 1. The summed E-state index contributed by atoms with van der Waals surface area (Å²) in [7, 11) is 5.07. The van der Waals surface area contributed by atoms with Crippen LogP contribution in [0.4, 0.5) is 5.69 Å². The van der Waals surface area contributed by atoms with Gasteiger partial charge in [-0.25, -0.2) is 0 Å². The number of hydrogen-bond donors (Lipinski definition) is 1. The molecular weight excluding hydrogens is 384 g/mol. The second kappa shape index (κ2) is 8.67. The van der Waals surface area contributed by atoms with Crippen molar-refractivity contribution in [2.75, 3.05) is 26.5 Å². The molecule has 0 aromatic heterocycles. The number of benzene rings is 2. The highest BCUT2D eigenvalue weighted by Crippen LogP contribution is 2.26. The molecule has 0 aliphatic carbocycles. The number of carbonyl (C=O) groups is 2. The zero-order valence-corrected chi connectivity index (χ0v) is 16.1. The van der Waals surface area contributed by atoms with Crippen LogP contribution in [0.15, 0.2) is 46.9 Å². The average molecular weight is 405 g/mol. The number of halogens is 1. The molecule has 0 saturated carbocycles. The summed E-state index contributed by atoms with van der Waals surface area (Å²) < 4.78 is 5.89. The smallest absolute Gasteiger partial charge is 0.255 e. The number of rotatable bonds is 6. The van der Waals surface area contributed by atoms with Gasteiger partial charge in [-0.2, -0.15) is 0 Å². The Labute approximate surface area is 156 Å². The van der Waals surface area contributed by atoms with Gasteiger partial charge >= 0.3 is 0 Å². The van der Waals surface area contributed by atoms with E-state index < -0.39 is 0 Å². The Bertz CT molecular complexity index is 758. The van der Waals surface area contributed by atoms with E-state index in [2.05, 4.69) is 21.2 Å². The van der Waals surface area contributed by atoms with E-state index in [1.807, 2.05) is 24.3 Å². The highest BCUT2D eigenvalue weighted by atomic mass is 79.9. The third-order valence-corrected chi connectivity index (χ3v) is 4.37. The Morgan fingerprint density at radius 1 is 1.12 bits per heavy atom.